The molecule has 132 valence electrons. The van der Waals surface area contributed by atoms with Gasteiger partial charge >= 0.3 is 0 Å². The maximum atomic E-state index is 12.7. The first kappa shape index (κ1) is 17.6. The lowest BCUT2D eigenvalue weighted by Gasteiger charge is -2.33. The lowest BCUT2D eigenvalue weighted by atomic mass is 10.2. The minimum Gasteiger partial charge on any atom is -0.335 e. The van der Waals surface area contributed by atoms with Gasteiger partial charge in [-0.2, -0.15) is 4.31 Å². The maximum absolute atomic E-state index is 12.7. The molecule has 0 N–H and O–H groups in total. The molecule has 1 aromatic carbocycles. The van der Waals surface area contributed by atoms with Crippen molar-refractivity contribution in [1.82, 2.24) is 14.2 Å². The van der Waals surface area contributed by atoms with E-state index in [4.69, 9.17) is 0 Å². The number of pyridine rings is 1. The standard InChI is InChI=1S/C18H21N3O3S/c1-2-15-6-8-16(9-7-15)25(23,24)21-13-11-20(12-14-21)18(22)17-5-3-4-10-19-17/h3-10H,2,11-14H2,1H3. The quantitative estimate of drug-likeness (QED) is 0.834. The zero-order chi connectivity index (χ0) is 17.9. The van der Waals surface area contributed by atoms with Crippen molar-refractivity contribution >= 4 is 15.9 Å². The molecule has 0 atom stereocenters. The largest absolute Gasteiger partial charge is 0.335 e. The summed E-state index contributed by atoms with van der Waals surface area (Å²) >= 11 is 0. The minimum absolute atomic E-state index is 0.162. The third-order valence-corrected chi connectivity index (χ3v) is 6.29. The van der Waals surface area contributed by atoms with E-state index >= 15 is 0 Å². The number of carbonyl (C=O) groups excluding carboxylic acids is 1. The number of hydrogen-bond donors (Lipinski definition) is 0. The summed E-state index contributed by atoms with van der Waals surface area (Å²) in [6, 6.07) is 12.2. The van der Waals surface area contributed by atoms with Gasteiger partial charge in [-0.15, -0.1) is 0 Å². The Morgan fingerprint density at radius 1 is 1.04 bits per heavy atom. The predicted octanol–water partition coefficient (Wildman–Crippen LogP) is 1.79. The van der Waals surface area contributed by atoms with E-state index in [0.717, 1.165) is 12.0 Å². The minimum atomic E-state index is -3.52. The molecule has 1 aliphatic heterocycles. The summed E-state index contributed by atoms with van der Waals surface area (Å²) in [6.07, 6.45) is 2.45. The molecular weight excluding hydrogens is 338 g/mol. The molecule has 1 aromatic heterocycles. The number of aromatic nitrogens is 1. The fourth-order valence-electron chi connectivity index (χ4n) is 2.83. The fraction of sp³-hybridized carbons (Fsp3) is 0.333. The van der Waals surface area contributed by atoms with Crippen LogP contribution in [0.4, 0.5) is 0 Å². The van der Waals surface area contributed by atoms with Gasteiger partial charge in [-0.25, -0.2) is 8.42 Å². The Morgan fingerprint density at radius 2 is 1.72 bits per heavy atom. The molecule has 2 aromatic rings. The van der Waals surface area contributed by atoms with E-state index in [1.807, 2.05) is 19.1 Å². The van der Waals surface area contributed by atoms with Crippen LogP contribution < -0.4 is 0 Å². The molecule has 25 heavy (non-hydrogen) atoms. The average molecular weight is 359 g/mol. The van der Waals surface area contributed by atoms with Crippen molar-refractivity contribution in [1.29, 1.82) is 0 Å². The highest BCUT2D eigenvalue weighted by Gasteiger charge is 2.30. The second-order valence-electron chi connectivity index (χ2n) is 5.91. The number of aryl methyl sites for hydroxylation is 1. The number of rotatable bonds is 4. The van der Waals surface area contributed by atoms with E-state index in [1.54, 1.807) is 41.4 Å². The van der Waals surface area contributed by atoms with E-state index in [2.05, 4.69) is 4.98 Å². The van der Waals surface area contributed by atoms with E-state index in [0.29, 0.717) is 23.7 Å². The molecule has 0 saturated carbocycles. The van der Waals surface area contributed by atoms with Crippen molar-refractivity contribution in [3.05, 3.63) is 59.9 Å². The Hall–Kier alpha value is -2.25. The number of sulfonamides is 1. The summed E-state index contributed by atoms with van der Waals surface area (Å²) in [5, 5.41) is 0. The van der Waals surface area contributed by atoms with Crippen molar-refractivity contribution in [3.63, 3.8) is 0 Å². The van der Waals surface area contributed by atoms with Crippen LogP contribution in [0.1, 0.15) is 23.0 Å². The van der Waals surface area contributed by atoms with Crippen LogP contribution in [0.25, 0.3) is 0 Å². The summed E-state index contributed by atoms with van der Waals surface area (Å²) in [5.41, 5.74) is 1.48. The average Bonchev–Trinajstić information content (AvgIpc) is 2.68. The van der Waals surface area contributed by atoms with Crippen molar-refractivity contribution < 1.29 is 13.2 Å². The zero-order valence-corrected chi connectivity index (χ0v) is 14.9. The van der Waals surface area contributed by atoms with Gasteiger partial charge in [0.25, 0.3) is 5.91 Å². The van der Waals surface area contributed by atoms with Gasteiger partial charge in [0.15, 0.2) is 0 Å². The van der Waals surface area contributed by atoms with Crippen LogP contribution in [0.2, 0.25) is 0 Å². The Kier molecular flexibility index (Phi) is 5.15. The molecule has 1 saturated heterocycles. The van der Waals surface area contributed by atoms with E-state index in [1.165, 1.54) is 4.31 Å². The van der Waals surface area contributed by atoms with Crippen LogP contribution in [-0.2, 0) is 16.4 Å². The highest BCUT2D eigenvalue weighted by atomic mass is 32.2. The van der Waals surface area contributed by atoms with Crippen molar-refractivity contribution in [2.45, 2.75) is 18.2 Å². The predicted molar refractivity (Wildman–Crippen MR) is 94.7 cm³/mol. The molecule has 7 heteroatoms. The van der Waals surface area contributed by atoms with Gasteiger partial charge in [-0.3, -0.25) is 9.78 Å². The molecule has 0 aliphatic carbocycles. The Bertz CT molecular complexity index is 828. The Balaban J connectivity index is 1.67. The lowest BCUT2D eigenvalue weighted by molar-refractivity contribution is 0.0692. The third kappa shape index (κ3) is 3.72. The molecule has 1 aliphatic rings. The summed E-state index contributed by atoms with van der Waals surface area (Å²) < 4.78 is 26.9. The summed E-state index contributed by atoms with van der Waals surface area (Å²) in [5.74, 6) is -0.162. The number of amides is 1. The molecule has 6 nitrogen and oxygen atoms in total. The van der Waals surface area contributed by atoms with Gasteiger partial charge in [0.1, 0.15) is 5.69 Å². The second-order valence-corrected chi connectivity index (χ2v) is 7.85. The molecule has 0 radical (unpaired) electrons. The van der Waals surface area contributed by atoms with Crippen LogP contribution in [-0.4, -0.2) is 54.7 Å². The fourth-order valence-corrected chi connectivity index (χ4v) is 4.25. The van der Waals surface area contributed by atoms with Crippen LogP contribution in [0, 0.1) is 0 Å². The van der Waals surface area contributed by atoms with Crippen LogP contribution in [0.5, 0.6) is 0 Å². The van der Waals surface area contributed by atoms with E-state index in [9.17, 15) is 13.2 Å². The topological polar surface area (TPSA) is 70.6 Å². The van der Waals surface area contributed by atoms with E-state index < -0.39 is 10.0 Å². The Morgan fingerprint density at radius 3 is 2.28 bits per heavy atom. The van der Waals surface area contributed by atoms with Gasteiger partial charge in [-0.1, -0.05) is 25.1 Å². The molecular formula is C18H21N3O3S. The molecule has 0 spiro atoms. The summed E-state index contributed by atoms with van der Waals surface area (Å²) in [7, 11) is -3.52. The van der Waals surface area contributed by atoms with E-state index in [-0.39, 0.29) is 19.0 Å². The number of hydrogen-bond acceptors (Lipinski definition) is 4. The highest BCUT2D eigenvalue weighted by Crippen LogP contribution is 2.19. The highest BCUT2D eigenvalue weighted by molar-refractivity contribution is 7.89. The first-order valence-corrected chi connectivity index (χ1v) is 9.76. The van der Waals surface area contributed by atoms with Gasteiger partial charge in [0.05, 0.1) is 4.90 Å². The zero-order valence-electron chi connectivity index (χ0n) is 14.1. The Labute approximate surface area is 148 Å². The van der Waals surface area contributed by atoms with Gasteiger partial charge in [0, 0.05) is 32.4 Å². The van der Waals surface area contributed by atoms with Gasteiger partial charge in [-0.05, 0) is 36.2 Å². The molecule has 2 heterocycles. The number of nitrogens with zero attached hydrogens (tertiary/aromatic N) is 3. The number of piperazine rings is 1. The van der Waals surface area contributed by atoms with Crippen molar-refractivity contribution in [3.8, 4) is 0 Å². The first-order valence-electron chi connectivity index (χ1n) is 8.32. The number of benzene rings is 1. The molecule has 0 bridgehead atoms. The van der Waals surface area contributed by atoms with Crippen molar-refractivity contribution in [2.24, 2.45) is 0 Å². The second kappa shape index (κ2) is 7.33. The van der Waals surface area contributed by atoms with Gasteiger partial charge in [0.2, 0.25) is 10.0 Å². The molecule has 1 fully saturated rings. The lowest BCUT2D eigenvalue weighted by Crippen LogP contribution is -2.50. The normalized spacial score (nSPS) is 16.0. The van der Waals surface area contributed by atoms with Crippen LogP contribution in [0.3, 0.4) is 0 Å². The van der Waals surface area contributed by atoms with Crippen LogP contribution >= 0.6 is 0 Å². The van der Waals surface area contributed by atoms with Gasteiger partial charge < -0.3 is 4.90 Å². The first-order chi connectivity index (χ1) is 12.0. The summed E-state index contributed by atoms with van der Waals surface area (Å²) in [4.78, 5) is 18.4. The summed E-state index contributed by atoms with van der Waals surface area (Å²) in [6.45, 7) is 3.33. The number of carbonyl (C=O) groups is 1. The monoisotopic (exact) mass is 359 g/mol. The third-order valence-electron chi connectivity index (χ3n) is 4.38. The maximum Gasteiger partial charge on any atom is 0.272 e. The van der Waals surface area contributed by atoms with Crippen LogP contribution in [0.15, 0.2) is 53.6 Å². The molecule has 1 amide bonds. The molecule has 3 rings (SSSR count). The smallest absolute Gasteiger partial charge is 0.272 e. The molecule has 0 unspecified atom stereocenters. The SMILES string of the molecule is CCc1ccc(S(=O)(=O)N2CCN(C(=O)c3ccccn3)CC2)cc1. The van der Waals surface area contributed by atoms with Crippen molar-refractivity contribution in [2.75, 3.05) is 26.2 Å².